The van der Waals surface area contributed by atoms with Crippen molar-refractivity contribution < 1.29 is 4.74 Å². The highest BCUT2D eigenvalue weighted by molar-refractivity contribution is 9.10. The van der Waals surface area contributed by atoms with E-state index in [2.05, 4.69) is 27.3 Å². The van der Waals surface area contributed by atoms with E-state index in [0.717, 1.165) is 28.1 Å². The molecule has 0 aromatic heterocycles. The minimum atomic E-state index is 0. The molecule has 1 saturated heterocycles. The number of nitrogens with one attached hydrogen (secondary N) is 1. The Balaban J connectivity index is 0.000000963. The van der Waals surface area contributed by atoms with Crippen LogP contribution in [0.15, 0.2) is 16.6 Å². The van der Waals surface area contributed by atoms with E-state index in [1.54, 1.807) is 0 Å². The van der Waals surface area contributed by atoms with Crippen LogP contribution in [0.25, 0.3) is 0 Å². The van der Waals surface area contributed by atoms with Gasteiger partial charge in [0.25, 0.3) is 0 Å². The van der Waals surface area contributed by atoms with Crippen LogP contribution in [0.3, 0.4) is 0 Å². The molecule has 2 aliphatic heterocycles. The highest BCUT2D eigenvalue weighted by Crippen LogP contribution is 2.39. The molecule has 0 radical (unpaired) electrons. The highest BCUT2D eigenvalue weighted by Gasteiger charge is 2.35. The first-order valence-electron chi connectivity index (χ1n) is 5.06. The lowest BCUT2D eigenvalue weighted by molar-refractivity contribution is 0.0299. The SMILES string of the molecule is Cl.Clc1c(Br)ccc2c1CO[C@H]1CNC[C@H]21. The molecule has 0 bridgehead atoms. The normalized spacial score (nSPS) is 26.9. The van der Waals surface area contributed by atoms with Gasteiger partial charge in [-0.05, 0) is 27.6 Å². The molecular formula is C11H12BrCl2NO. The van der Waals surface area contributed by atoms with Gasteiger partial charge >= 0.3 is 0 Å². The predicted molar refractivity (Wildman–Crippen MR) is 70.6 cm³/mol. The number of hydrogen-bond donors (Lipinski definition) is 1. The molecular weight excluding hydrogens is 313 g/mol. The van der Waals surface area contributed by atoms with E-state index in [0.29, 0.717) is 18.6 Å². The van der Waals surface area contributed by atoms with Gasteiger partial charge in [0.15, 0.2) is 0 Å². The zero-order valence-electron chi connectivity index (χ0n) is 8.50. The smallest absolute Gasteiger partial charge is 0.0784 e. The Bertz CT molecular complexity index is 413. The van der Waals surface area contributed by atoms with Gasteiger partial charge < -0.3 is 10.1 Å². The zero-order valence-corrected chi connectivity index (χ0v) is 11.7. The van der Waals surface area contributed by atoms with Gasteiger partial charge in [0, 0.05) is 29.0 Å². The lowest BCUT2D eigenvalue weighted by Crippen LogP contribution is -2.27. The molecule has 2 atom stereocenters. The lowest BCUT2D eigenvalue weighted by atomic mass is 9.90. The Kier molecular flexibility index (Phi) is 3.82. The van der Waals surface area contributed by atoms with E-state index in [1.807, 2.05) is 6.07 Å². The molecule has 2 nitrogen and oxygen atoms in total. The van der Waals surface area contributed by atoms with Crippen LogP contribution in [-0.2, 0) is 11.3 Å². The molecule has 0 spiro atoms. The molecule has 16 heavy (non-hydrogen) atoms. The van der Waals surface area contributed by atoms with Gasteiger partial charge in [-0.25, -0.2) is 0 Å². The molecule has 1 fully saturated rings. The van der Waals surface area contributed by atoms with E-state index in [9.17, 15) is 0 Å². The van der Waals surface area contributed by atoms with Gasteiger partial charge in [-0.3, -0.25) is 0 Å². The summed E-state index contributed by atoms with van der Waals surface area (Å²) in [5.41, 5.74) is 2.50. The van der Waals surface area contributed by atoms with Crippen molar-refractivity contribution in [2.75, 3.05) is 13.1 Å². The summed E-state index contributed by atoms with van der Waals surface area (Å²) < 4.78 is 6.75. The van der Waals surface area contributed by atoms with Gasteiger partial charge in [-0.1, -0.05) is 17.7 Å². The summed E-state index contributed by atoms with van der Waals surface area (Å²) in [6, 6.07) is 4.19. The van der Waals surface area contributed by atoms with E-state index in [4.69, 9.17) is 16.3 Å². The topological polar surface area (TPSA) is 21.3 Å². The van der Waals surface area contributed by atoms with Crippen LogP contribution in [0.4, 0.5) is 0 Å². The van der Waals surface area contributed by atoms with Gasteiger partial charge in [0.05, 0.1) is 17.7 Å². The fourth-order valence-electron chi connectivity index (χ4n) is 2.43. The van der Waals surface area contributed by atoms with Crippen molar-refractivity contribution in [3.8, 4) is 0 Å². The summed E-state index contributed by atoms with van der Waals surface area (Å²) >= 11 is 9.70. The van der Waals surface area contributed by atoms with Crippen LogP contribution < -0.4 is 5.32 Å². The maximum absolute atomic E-state index is 6.25. The number of benzene rings is 1. The van der Waals surface area contributed by atoms with Gasteiger partial charge in [-0.2, -0.15) is 0 Å². The fraction of sp³-hybridized carbons (Fsp3) is 0.455. The average Bonchev–Trinajstić information content (AvgIpc) is 2.71. The van der Waals surface area contributed by atoms with Crippen LogP contribution >= 0.6 is 39.9 Å². The first-order valence-corrected chi connectivity index (χ1v) is 6.23. The summed E-state index contributed by atoms with van der Waals surface area (Å²) in [6.07, 6.45) is 0.328. The highest BCUT2D eigenvalue weighted by atomic mass is 79.9. The zero-order chi connectivity index (χ0) is 10.4. The number of hydrogen-bond acceptors (Lipinski definition) is 2. The Hall–Kier alpha value is 0.200. The number of fused-ring (bicyclic) bond motifs is 3. The maximum Gasteiger partial charge on any atom is 0.0784 e. The molecule has 1 aromatic carbocycles. The third-order valence-electron chi connectivity index (χ3n) is 3.23. The predicted octanol–water partition coefficient (Wildman–Crippen LogP) is 3.11. The third-order valence-corrected chi connectivity index (χ3v) is 4.55. The van der Waals surface area contributed by atoms with Crippen molar-refractivity contribution in [2.24, 2.45) is 0 Å². The Labute approximate surface area is 114 Å². The summed E-state index contributed by atoms with van der Waals surface area (Å²) in [5.74, 6) is 0.472. The van der Waals surface area contributed by atoms with Crippen LogP contribution in [0.1, 0.15) is 17.0 Å². The monoisotopic (exact) mass is 323 g/mol. The summed E-state index contributed by atoms with van der Waals surface area (Å²) in [4.78, 5) is 0. The largest absolute Gasteiger partial charge is 0.371 e. The molecule has 0 aliphatic carbocycles. The fourth-order valence-corrected chi connectivity index (χ4v) is 3.03. The molecule has 88 valence electrons. The summed E-state index contributed by atoms with van der Waals surface area (Å²) in [6.45, 7) is 2.59. The van der Waals surface area contributed by atoms with Crippen molar-refractivity contribution in [3.05, 3.63) is 32.8 Å². The van der Waals surface area contributed by atoms with Crippen molar-refractivity contribution in [1.29, 1.82) is 0 Å². The molecule has 1 aromatic rings. The molecule has 2 heterocycles. The maximum atomic E-state index is 6.25. The van der Waals surface area contributed by atoms with Crippen molar-refractivity contribution in [1.82, 2.24) is 5.32 Å². The van der Waals surface area contributed by atoms with Gasteiger partial charge in [0.2, 0.25) is 0 Å². The summed E-state index contributed by atoms with van der Waals surface area (Å²) in [5, 5.41) is 4.16. The Morgan fingerprint density at radius 1 is 1.38 bits per heavy atom. The van der Waals surface area contributed by atoms with E-state index in [-0.39, 0.29) is 12.4 Å². The Morgan fingerprint density at radius 2 is 2.19 bits per heavy atom. The van der Waals surface area contributed by atoms with Crippen LogP contribution in [0.5, 0.6) is 0 Å². The van der Waals surface area contributed by atoms with Crippen molar-refractivity contribution >= 4 is 39.9 Å². The minimum absolute atomic E-state index is 0. The second kappa shape index (κ2) is 4.83. The van der Waals surface area contributed by atoms with Gasteiger partial charge in [-0.15, -0.1) is 12.4 Å². The van der Waals surface area contributed by atoms with Crippen molar-refractivity contribution in [3.63, 3.8) is 0 Å². The second-order valence-electron chi connectivity index (χ2n) is 4.04. The molecule has 0 amide bonds. The number of ether oxygens (including phenoxy) is 1. The van der Waals surface area contributed by atoms with Crippen molar-refractivity contribution in [2.45, 2.75) is 18.6 Å². The molecule has 5 heteroatoms. The minimum Gasteiger partial charge on any atom is -0.371 e. The first kappa shape index (κ1) is 12.7. The Morgan fingerprint density at radius 3 is 3.00 bits per heavy atom. The third kappa shape index (κ3) is 1.89. The van der Waals surface area contributed by atoms with E-state index in [1.165, 1.54) is 5.56 Å². The molecule has 0 saturated carbocycles. The number of rotatable bonds is 0. The van der Waals surface area contributed by atoms with Crippen LogP contribution in [0.2, 0.25) is 5.02 Å². The second-order valence-corrected chi connectivity index (χ2v) is 5.28. The average molecular weight is 325 g/mol. The van der Waals surface area contributed by atoms with Crippen LogP contribution in [0, 0.1) is 0 Å². The lowest BCUT2D eigenvalue weighted by Gasteiger charge is -2.28. The van der Waals surface area contributed by atoms with Crippen LogP contribution in [-0.4, -0.2) is 19.2 Å². The van der Waals surface area contributed by atoms with E-state index >= 15 is 0 Å². The molecule has 3 rings (SSSR count). The first-order chi connectivity index (χ1) is 7.27. The van der Waals surface area contributed by atoms with E-state index < -0.39 is 0 Å². The molecule has 2 aliphatic rings. The molecule has 1 N–H and O–H groups in total. The van der Waals surface area contributed by atoms with Gasteiger partial charge in [0.1, 0.15) is 0 Å². The number of halogens is 3. The molecule has 0 unspecified atom stereocenters. The standard InChI is InChI=1S/C11H11BrClNO.ClH/c12-9-2-1-6-7-3-14-4-10(7)15-5-8(6)11(9)13;/h1-2,7,10,14H,3-5H2;1H/t7-,10+;/m1./s1. The quantitative estimate of drug-likeness (QED) is 0.791. The summed E-state index contributed by atoms with van der Waals surface area (Å²) in [7, 11) is 0.